The van der Waals surface area contributed by atoms with Gasteiger partial charge in [0.15, 0.2) is 0 Å². The van der Waals surface area contributed by atoms with Crippen LogP contribution in [0, 0.1) is 0 Å². The Labute approximate surface area is 153 Å². The molecule has 26 heavy (non-hydrogen) atoms. The molecule has 140 valence electrons. The second-order valence-corrected chi connectivity index (χ2v) is 8.60. The fourth-order valence-corrected chi connectivity index (χ4v) is 3.23. The number of aromatic nitrogens is 1. The molecule has 1 amide bonds. The van der Waals surface area contributed by atoms with Crippen molar-refractivity contribution in [3.05, 3.63) is 58.5 Å². The third-order valence-corrected chi connectivity index (χ3v) is 5.71. The molecule has 0 saturated carbocycles. The van der Waals surface area contributed by atoms with Crippen LogP contribution in [0.25, 0.3) is 0 Å². The van der Waals surface area contributed by atoms with Gasteiger partial charge < -0.3 is 9.88 Å². The second-order valence-electron chi connectivity index (χ2n) is 6.44. The molecule has 0 fully saturated rings. The smallest absolute Gasteiger partial charge is 0.251 e. The number of anilines is 1. The second kappa shape index (κ2) is 7.84. The van der Waals surface area contributed by atoms with Gasteiger partial charge in [0.2, 0.25) is 15.9 Å². The third kappa shape index (κ3) is 4.59. The van der Waals surface area contributed by atoms with Crippen LogP contribution in [-0.2, 0) is 21.4 Å². The van der Waals surface area contributed by atoms with Crippen LogP contribution in [0.3, 0.4) is 0 Å². The zero-order valence-electron chi connectivity index (χ0n) is 15.3. The summed E-state index contributed by atoms with van der Waals surface area (Å²) in [6, 6.07) is 9.82. The number of amides is 1. The van der Waals surface area contributed by atoms with Crippen molar-refractivity contribution in [3.63, 3.8) is 0 Å². The van der Waals surface area contributed by atoms with Crippen LogP contribution in [0.15, 0.2) is 52.3 Å². The lowest BCUT2D eigenvalue weighted by Gasteiger charge is -2.13. The standard InChI is InChI=1S/C18H23N3O4S/c1-13(2)14-5-7-15(8-6-14)19-17(22)12-21-11-16(9-10-18(21)23)26(24,25)20(3)4/h5-11,13H,12H2,1-4H3,(H,19,22). The van der Waals surface area contributed by atoms with Crippen molar-refractivity contribution in [1.82, 2.24) is 8.87 Å². The molecule has 0 aliphatic heterocycles. The first-order chi connectivity index (χ1) is 12.1. The number of pyridine rings is 1. The van der Waals surface area contributed by atoms with Crippen LogP contribution in [0.4, 0.5) is 5.69 Å². The maximum atomic E-state index is 12.2. The van der Waals surface area contributed by atoms with Gasteiger partial charge in [-0.2, -0.15) is 0 Å². The monoisotopic (exact) mass is 377 g/mol. The van der Waals surface area contributed by atoms with Crippen molar-refractivity contribution < 1.29 is 13.2 Å². The van der Waals surface area contributed by atoms with Gasteiger partial charge >= 0.3 is 0 Å². The van der Waals surface area contributed by atoms with Gasteiger partial charge in [-0.3, -0.25) is 9.59 Å². The molecule has 0 atom stereocenters. The molecule has 0 bridgehead atoms. The number of nitrogens with zero attached hydrogens (tertiary/aromatic N) is 2. The lowest BCUT2D eigenvalue weighted by atomic mass is 10.0. The van der Waals surface area contributed by atoms with E-state index in [0.29, 0.717) is 11.6 Å². The summed E-state index contributed by atoms with van der Waals surface area (Å²) >= 11 is 0. The van der Waals surface area contributed by atoms with E-state index in [1.807, 2.05) is 12.1 Å². The number of carbonyl (C=O) groups excluding carboxylic acids is 1. The molecule has 1 aromatic heterocycles. The molecule has 2 rings (SSSR count). The van der Waals surface area contributed by atoms with E-state index in [1.54, 1.807) is 12.1 Å². The van der Waals surface area contributed by atoms with Gasteiger partial charge in [-0.25, -0.2) is 12.7 Å². The Bertz CT molecular complexity index is 945. The van der Waals surface area contributed by atoms with E-state index in [-0.39, 0.29) is 11.4 Å². The summed E-state index contributed by atoms with van der Waals surface area (Å²) in [5.41, 5.74) is 1.32. The van der Waals surface area contributed by atoms with E-state index in [1.165, 1.54) is 26.4 Å². The summed E-state index contributed by atoms with van der Waals surface area (Å²) in [6.07, 6.45) is 1.18. The van der Waals surface area contributed by atoms with Gasteiger partial charge in [-0.1, -0.05) is 26.0 Å². The highest BCUT2D eigenvalue weighted by atomic mass is 32.2. The Morgan fingerprint density at radius 1 is 1.12 bits per heavy atom. The van der Waals surface area contributed by atoms with E-state index < -0.39 is 21.5 Å². The number of benzene rings is 1. The van der Waals surface area contributed by atoms with Crippen molar-refractivity contribution in [1.29, 1.82) is 0 Å². The summed E-state index contributed by atoms with van der Waals surface area (Å²) < 4.78 is 26.5. The highest BCUT2D eigenvalue weighted by molar-refractivity contribution is 7.89. The molecule has 0 radical (unpaired) electrons. The molecule has 8 heteroatoms. The zero-order chi connectivity index (χ0) is 19.5. The van der Waals surface area contributed by atoms with Gasteiger partial charge in [0.25, 0.3) is 5.56 Å². The molecule has 0 spiro atoms. The molecule has 1 aromatic carbocycles. The topological polar surface area (TPSA) is 88.5 Å². The van der Waals surface area contributed by atoms with E-state index in [2.05, 4.69) is 19.2 Å². The molecule has 2 aromatic rings. The van der Waals surface area contributed by atoms with Gasteiger partial charge in [0, 0.05) is 32.0 Å². The molecular weight excluding hydrogens is 354 g/mol. The summed E-state index contributed by atoms with van der Waals surface area (Å²) in [6.45, 7) is 3.88. The quantitative estimate of drug-likeness (QED) is 0.832. The van der Waals surface area contributed by atoms with Crippen LogP contribution >= 0.6 is 0 Å². The summed E-state index contributed by atoms with van der Waals surface area (Å²) in [7, 11) is -0.880. The molecule has 0 saturated heterocycles. The molecule has 0 aliphatic carbocycles. The highest BCUT2D eigenvalue weighted by Gasteiger charge is 2.18. The fourth-order valence-electron chi connectivity index (χ4n) is 2.30. The molecular formula is C18H23N3O4S. The zero-order valence-corrected chi connectivity index (χ0v) is 16.1. The Balaban J connectivity index is 2.17. The first-order valence-corrected chi connectivity index (χ1v) is 9.58. The Kier molecular flexibility index (Phi) is 5.99. The van der Waals surface area contributed by atoms with E-state index in [0.717, 1.165) is 20.5 Å². The van der Waals surface area contributed by atoms with Crippen LogP contribution in [0.5, 0.6) is 0 Å². The first-order valence-electron chi connectivity index (χ1n) is 8.14. The van der Waals surface area contributed by atoms with Crippen LogP contribution in [-0.4, -0.2) is 37.3 Å². The number of sulfonamides is 1. The van der Waals surface area contributed by atoms with E-state index in [9.17, 15) is 18.0 Å². The number of carbonyl (C=O) groups is 1. The average molecular weight is 377 g/mol. The first kappa shape index (κ1) is 19.9. The Hall–Kier alpha value is -2.45. The van der Waals surface area contributed by atoms with Crippen LogP contribution in [0.2, 0.25) is 0 Å². The number of rotatable bonds is 6. The molecule has 1 N–H and O–H groups in total. The lowest BCUT2D eigenvalue weighted by Crippen LogP contribution is -2.29. The molecule has 0 aliphatic rings. The predicted octanol–water partition coefficient (Wildman–Crippen LogP) is 1.86. The van der Waals surface area contributed by atoms with Gasteiger partial charge in [-0.15, -0.1) is 0 Å². The third-order valence-electron chi connectivity index (χ3n) is 3.91. The molecule has 0 unspecified atom stereocenters. The minimum Gasteiger partial charge on any atom is -0.325 e. The van der Waals surface area contributed by atoms with Gasteiger partial charge in [0.1, 0.15) is 6.54 Å². The number of nitrogens with one attached hydrogen (secondary N) is 1. The van der Waals surface area contributed by atoms with Crippen molar-refractivity contribution in [2.45, 2.75) is 31.2 Å². The summed E-state index contributed by atoms with van der Waals surface area (Å²) in [5.74, 6) is -0.0245. The summed E-state index contributed by atoms with van der Waals surface area (Å²) in [5, 5.41) is 2.71. The average Bonchev–Trinajstić information content (AvgIpc) is 2.57. The van der Waals surface area contributed by atoms with Crippen molar-refractivity contribution in [3.8, 4) is 0 Å². The largest absolute Gasteiger partial charge is 0.325 e. The summed E-state index contributed by atoms with van der Waals surface area (Å²) in [4.78, 5) is 24.1. The minimum atomic E-state index is -3.68. The maximum Gasteiger partial charge on any atom is 0.251 e. The van der Waals surface area contributed by atoms with Gasteiger partial charge in [-0.05, 0) is 29.7 Å². The number of hydrogen-bond acceptors (Lipinski definition) is 4. The van der Waals surface area contributed by atoms with Crippen molar-refractivity contribution in [2.24, 2.45) is 0 Å². The molecule has 7 nitrogen and oxygen atoms in total. The Morgan fingerprint density at radius 3 is 2.27 bits per heavy atom. The van der Waals surface area contributed by atoms with Crippen LogP contribution in [0.1, 0.15) is 25.3 Å². The maximum absolute atomic E-state index is 12.2. The highest BCUT2D eigenvalue weighted by Crippen LogP contribution is 2.17. The fraction of sp³-hybridized carbons (Fsp3) is 0.333. The normalized spacial score (nSPS) is 11.8. The van der Waals surface area contributed by atoms with Crippen molar-refractivity contribution >= 4 is 21.6 Å². The van der Waals surface area contributed by atoms with E-state index >= 15 is 0 Å². The van der Waals surface area contributed by atoms with Crippen molar-refractivity contribution in [2.75, 3.05) is 19.4 Å². The van der Waals surface area contributed by atoms with Gasteiger partial charge in [0.05, 0.1) is 4.90 Å². The lowest BCUT2D eigenvalue weighted by molar-refractivity contribution is -0.116. The SMILES string of the molecule is CC(C)c1ccc(NC(=O)Cn2cc(S(=O)(=O)N(C)C)ccc2=O)cc1. The molecule has 1 heterocycles. The Morgan fingerprint density at radius 2 is 1.73 bits per heavy atom. The van der Waals surface area contributed by atoms with Crippen LogP contribution < -0.4 is 10.9 Å². The number of hydrogen-bond donors (Lipinski definition) is 1. The minimum absolute atomic E-state index is 0.0452. The van der Waals surface area contributed by atoms with E-state index in [4.69, 9.17) is 0 Å². The predicted molar refractivity (Wildman–Crippen MR) is 101 cm³/mol.